The van der Waals surface area contributed by atoms with Gasteiger partial charge in [0.2, 0.25) is 0 Å². The quantitative estimate of drug-likeness (QED) is 0.853. The third kappa shape index (κ3) is 2.30. The van der Waals surface area contributed by atoms with Gasteiger partial charge in [-0.05, 0) is 19.5 Å². The Labute approximate surface area is 104 Å². The van der Waals surface area contributed by atoms with E-state index in [9.17, 15) is 13.6 Å². The molecule has 1 aliphatic heterocycles. The molecule has 1 fully saturated rings. The maximum absolute atomic E-state index is 14.0. The summed E-state index contributed by atoms with van der Waals surface area (Å²) in [6.07, 6.45) is 1.68. The summed E-state index contributed by atoms with van der Waals surface area (Å²) in [5.41, 5.74) is 5.39. The van der Waals surface area contributed by atoms with Crippen LogP contribution >= 0.6 is 0 Å². The zero-order valence-corrected chi connectivity index (χ0v) is 10.3. The summed E-state index contributed by atoms with van der Waals surface area (Å²) >= 11 is 0. The summed E-state index contributed by atoms with van der Waals surface area (Å²) in [5, 5.41) is 0. The zero-order chi connectivity index (χ0) is 13.3. The van der Waals surface area contributed by atoms with E-state index in [1.54, 1.807) is 24.1 Å². The minimum Gasteiger partial charge on any atom is -0.326 e. The van der Waals surface area contributed by atoms with E-state index in [-0.39, 0.29) is 19.5 Å². The smallest absolute Gasteiger partial charge is 0.280 e. The first-order valence-electron chi connectivity index (χ1n) is 5.92. The van der Waals surface area contributed by atoms with E-state index in [2.05, 4.69) is 0 Å². The molecule has 100 valence electrons. The van der Waals surface area contributed by atoms with Crippen molar-refractivity contribution >= 4 is 0 Å². The fourth-order valence-electron chi connectivity index (χ4n) is 2.40. The van der Waals surface area contributed by atoms with E-state index in [0.29, 0.717) is 12.1 Å². The van der Waals surface area contributed by atoms with Gasteiger partial charge in [0.15, 0.2) is 0 Å². The number of alkyl halides is 2. The Bertz CT molecular complexity index is 486. The monoisotopic (exact) mass is 257 g/mol. The van der Waals surface area contributed by atoms with Gasteiger partial charge in [0, 0.05) is 24.8 Å². The topological polar surface area (TPSA) is 51.3 Å². The number of nitrogens with two attached hydrogens (primary N) is 1. The molecule has 2 N–H and O–H groups in total. The summed E-state index contributed by atoms with van der Waals surface area (Å²) in [7, 11) is 1.66. The minimum atomic E-state index is -2.90. The number of halogens is 2. The van der Waals surface area contributed by atoms with E-state index >= 15 is 0 Å². The largest absolute Gasteiger partial charge is 0.326 e. The molecule has 1 aromatic heterocycles. The van der Waals surface area contributed by atoms with E-state index in [1.165, 1.54) is 6.20 Å². The lowest BCUT2D eigenvalue weighted by molar-refractivity contribution is -0.0989. The number of pyridine rings is 1. The van der Waals surface area contributed by atoms with Crippen LogP contribution in [0.4, 0.5) is 8.78 Å². The Morgan fingerprint density at radius 3 is 2.89 bits per heavy atom. The second-order valence-corrected chi connectivity index (χ2v) is 4.75. The van der Waals surface area contributed by atoms with Crippen LogP contribution in [0.1, 0.15) is 18.0 Å². The molecule has 0 radical (unpaired) electrons. The van der Waals surface area contributed by atoms with Gasteiger partial charge in [-0.1, -0.05) is 6.07 Å². The molecule has 0 bridgehead atoms. The predicted octanol–water partition coefficient (Wildman–Crippen LogP) is 0.819. The van der Waals surface area contributed by atoms with Crippen LogP contribution in [0.2, 0.25) is 0 Å². The van der Waals surface area contributed by atoms with Gasteiger partial charge < -0.3 is 15.2 Å². The molecule has 0 aromatic carbocycles. The molecule has 1 unspecified atom stereocenters. The average molecular weight is 257 g/mol. The van der Waals surface area contributed by atoms with Crippen molar-refractivity contribution in [2.24, 2.45) is 5.73 Å². The van der Waals surface area contributed by atoms with Crippen molar-refractivity contribution in [2.75, 3.05) is 20.1 Å². The molecule has 18 heavy (non-hydrogen) atoms. The van der Waals surface area contributed by atoms with Crippen molar-refractivity contribution in [3.05, 3.63) is 34.2 Å². The number of hydrogen-bond acceptors (Lipinski definition) is 3. The van der Waals surface area contributed by atoms with Crippen LogP contribution in [0.5, 0.6) is 0 Å². The van der Waals surface area contributed by atoms with Crippen molar-refractivity contribution < 1.29 is 8.78 Å². The highest BCUT2D eigenvalue weighted by atomic mass is 19.3. The van der Waals surface area contributed by atoms with E-state index in [4.69, 9.17) is 5.73 Å². The van der Waals surface area contributed by atoms with E-state index in [1.807, 2.05) is 0 Å². The van der Waals surface area contributed by atoms with Gasteiger partial charge in [-0.3, -0.25) is 4.79 Å². The fourth-order valence-corrected chi connectivity index (χ4v) is 2.40. The Balaban J connectivity index is 2.40. The molecule has 4 nitrogen and oxygen atoms in total. The maximum atomic E-state index is 14.0. The number of rotatable bonds is 2. The highest BCUT2D eigenvalue weighted by Gasteiger charge is 2.45. The first-order valence-corrected chi connectivity index (χ1v) is 5.92. The Hall–Kier alpha value is -1.27. The van der Waals surface area contributed by atoms with Crippen LogP contribution in [-0.2, 0) is 6.54 Å². The highest BCUT2D eigenvalue weighted by Crippen LogP contribution is 2.35. The molecule has 2 heterocycles. The van der Waals surface area contributed by atoms with Gasteiger partial charge in [0.05, 0.1) is 6.54 Å². The zero-order valence-electron chi connectivity index (χ0n) is 10.3. The third-order valence-corrected chi connectivity index (χ3v) is 3.36. The Morgan fingerprint density at radius 2 is 2.28 bits per heavy atom. The highest BCUT2D eigenvalue weighted by molar-refractivity contribution is 5.11. The van der Waals surface area contributed by atoms with Crippen molar-refractivity contribution in [2.45, 2.75) is 24.9 Å². The molecule has 0 saturated carbocycles. The molecule has 2 rings (SSSR count). The van der Waals surface area contributed by atoms with Crippen molar-refractivity contribution in [3.63, 3.8) is 0 Å². The van der Waals surface area contributed by atoms with Crippen molar-refractivity contribution in [1.29, 1.82) is 0 Å². The second kappa shape index (κ2) is 4.78. The van der Waals surface area contributed by atoms with Crippen LogP contribution in [0.3, 0.4) is 0 Å². The number of nitrogens with zero attached hydrogens (tertiary/aromatic N) is 2. The first kappa shape index (κ1) is 13.2. The standard InChI is InChI=1S/C12H17F2N3O/c1-16-6-4-10(12(13,14)8-16)17-5-2-3-9(7-15)11(17)18/h2-3,5,10H,4,6-8,15H2,1H3. The number of likely N-dealkylation sites (tertiary alicyclic amines) is 1. The number of piperidine rings is 1. The fraction of sp³-hybridized carbons (Fsp3) is 0.583. The summed E-state index contributed by atoms with van der Waals surface area (Å²) < 4.78 is 29.1. The molecule has 1 atom stereocenters. The molecule has 1 aliphatic rings. The van der Waals surface area contributed by atoms with Gasteiger partial charge in [-0.2, -0.15) is 0 Å². The number of hydrogen-bond donors (Lipinski definition) is 1. The van der Waals surface area contributed by atoms with Crippen LogP contribution in [0.25, 0.3) is 0 Å². The predicted molar refractivity (Wildman–Crippen MR) is 64.7 cm³/mol. The van der Waals surface area contributed by atoms with Gasteiger partial charge in [-0.15, -0.1) is 0 Å². The molecular weight excluding hydrogens is 240 g/mol. The lowest BCUT2D eigenvalue weighted by Gasteiger charge is -2.37. The summed E-state index contributed by atoms with van der Waals surface area (Å²) in [6, 6.07) is 2.09. The molecule has 1 aromatic rings. The molecule has 0 amide bonds. The number of aromatic nitrogens is 1. The van der Waals surface area contributed by atoms with Crippen LogP contribution in [0, 0.1) is 0 Å². The molecule has 0 aliphatic carbocycles. The SMILES string of the molecule is CN1CCC(n2cccc(CN)c2=O)C(F)(F)C1. The van der Waals surface area contributed by atoms with Gasteiger partial charge >= 0.3 is 0 Å². The van der Waals surface area contributed by atoms with Crippen LogP contribution in [-0.4, -0.2) is 35.5 Å². The van der Waals surface area contributed by atoms with E-state index < -0.39 is 17.5 Å². The van der Waals surface area contributed by atoms with E-state index in [0.717, 1.165) is 4.57 Å². The Kier molecular flexibility index (Phi) is 3.49. The second-order valence-electron chi connectivity index (χ2n) is 4.75. The maximum Gasteiger partial charge on any atom is 0.280 e. The molecular formula is C12H17F2N3O. The first-order chi connectivity index (χ1) is 8.45. The third-order valence-electron chi connectivity index (χ3n) is 3.36. The van der Waals surface area contributed by atoms with Crippen LogP contribution in [0.15, 0.2) is 23.1 Å². The van der Waals surface area contributed by atoms with Gasteiger partial charge in [-0.25, -0.2) is 8.78 Å². The van der Waals surface area contributed by atoms with Gasteiger partial charge in [0.1, 0.15) is 6.04 Å². The van der Waals surface area contributed by atoms with Crippen LogP contribution < -0.4 is 11.3 Å². The minimum absolute atomic E-state index is 0.0673. The summed E-state index contributed by atoms with van der Waals surface area (Å²) in [4.78, 5) is 13.6. The average Bonchev–Trinajstić information content (AvgIpc) is 2.29. The normalized spacial score (nSPS) is 24.1. The lowest BCUT2D eigenvalue weighted by atomic mass is 10.0. The summed E-state index contributed by atoms with van der Waals surface area (Å²) in [5.74, 6) is -2.90. The molecule has 1 saturated heterocycles. The van der Waals surface area contributed by atoms with Crippen molar-refractivity contribution in [1.82, 2.24) is 9.47 Å². The van der Waals surface area contributed by atoms with Gasteiger partial charge in [0.25, 0.3) is 11.5 Å². The molecule has 6 heteroatoms. The Morgan fingerprint density at radius 1 is 1.56 bits per heavy atom. The lowest BCUT2D eigenvalue weighted by Crippen LogP contribution is -2.50. The summed E-state index contributed by atoms with van der Waals surface area (Å²) in [6.45, 7) is 0.300. The molecule has 0 spiro atoms. The van der Waals surface area contributed by atoms with Crippen molar-refractivity contribution in [3.8, 4) is 0 Å².